The molecule has 108 valence electrons. The normalized spacial score (nSPS) is 10.0. The summed E-state index contributed by atoms with van der Waals surface area (Å²) in [6.07, 6.45) is 0. The van der Waals surface area contributed by atoms with Gasteiger partial charge in [0.05, 0.1) is 23.4 Å². The van der Waals surface area contributed by atoms with Gasteiger partial charge in [0.1, 0.15) is 0 Å². The standard InChI is InChI=1S/C15H13ClN2O3/c1-21-15(20)10-3-2-4-11(7-10)18-14(19)9-5-6-12(16)13(17)8-9/h2-8H,17H2,1H3,(H,18,19). The molecule has 0 bridgehead atoms. The maximum absolute atomic E-state index is 12.1. The van der Waals surface area contributed by atoms with E-state index in [4.69, 9.17) is 17.3 Å². The first-order valence-electron chi connectivity index (χ1n) is 6.06. The first-order chi connectivity index (χ1) is 10.0. The van der Waals surface area contributed by atoms with Crippen molar-refractivity contribution >= 4 is 34.9 Å². The molecule has 0 saturated heterocycles. The molecule has 2 aromatic carbocycles. The monoisotopic (exact) mass is 304 g/mol. The molecule has 0 aliphatic heterocycles. The lowest BCUT2D eigenvalue weighted by Gasteiger charge is -2.08. The number of esters is 1. The van der Waals surface area contributed by atoms with Crippen molar-refractivity contribution in [2.75, 3.05) is 18.2 Å². The Morgan fingerprint density at radius 3 is 2.57 bits per heavy atom. The minimum atomic E-state index is -0.471. The lowest BCUT2D eigenvalue weighted by molar-refractivity contribution is 0.0600. The molecule has 0 radical (unpaired) electrons. The zero-order valence-electron chi connectivity index (χ0n) is 11.2. The van der Waals surface area contributed by atoms with Crippen LogP contribution in [0.5, 0.6) is 0 Å². The molecule has 5 nitrogen and oxygen atoms in total. The first-order valence-corrected chi connectivity index (χ1v) is 6.44. The van der Waals surface area contributed by atoms with E-state index < -0.39 is 5.97 Å². The highest BCUT2D eigenvalue weighted by molar-refractivity contribution is 6.33. The van der Waals surface area contributed by atoms with Gasteiger partial charge in [-0.3, -0.25) is 4.79 Å². The molecular weight excluding hydrogens is 292 g/mol. The number of hydrogen-bond donors (Lipinski definition) is 2. The number of nitrogens with two attached hydrogens (primary N) is 1. The number of halogens is 1. The van der Waals surface area contributed by atoms with E-state index >= 15 is 0 Å². The van der Waals surface area contributed by atoms with Gasteiger partial charge in [-0.15, -0.1) is 0 Å². The average Bonchev–Trinajstić information content (AvgIpc) is 2.49. The van der Waals surface area contributed by atoms with Crippen molar-refractivity contribution in [3.8, 4) is 0 Å². The number of hydrogen-bond acceptors (Lipinski definition) is 4. The number of rotatable bonds is 3. The Hall–Kier alpha value is -2.53. The van der Waals surface area contributed by atoms with Crippen LogP contribution in [0.25, 0.3) is 0 Å². The molecule has 6 heteroatoms. The van der Waals surface area contributed by atoms with Gasteiger partial charge in [0.15, 0.2) is 0 Å². The van der Waals surface area contributed by atoms with Gasteiger partial charge in [-0.25, -0.2) is 4.79 Å². The van der Waals surface area contributed by atoms with Gasteiger partial charge in [-0.1, -0.05) is 17.7 Å². The SMILES string of the molecule is COC(=O)c1cccc(NC(=O)c2ccc(Cl)c(N)c2)c1. The molecule has 3 N–H and O–H groups in total. The number of benzene rings is 2. The van der Waals surface area contributed by atoms with E-state index in [9.17, 15) is 9.59 Å². The number of nitrogen functional groups attached to an aromatic ring is 1. The van der Waals surface area contributed by atoms with Gasteiger partial charge in [0, 0.05) is 11.3 Å². The number of anilines is 2. The second kappa shape index (κ2) is 6.28. The molecule has 2 rings (SSSR count). The van der Waals surface area contributed by atoms with Crippen molar-refractivity contribution in [1.82, 2.24) is 0 Å². The predicted molar refractivity (Wildman–Crippen MR) is 81.6 cm³/mol. The van der Waals surface area contributed by atoms with Crippen LogP contribution in [0.1, 0.15) is 20.7 Å². The summed E-state index contributed by atoms with van der Waals surface area (Å²) in [5, 5.41) is 3.07. The van der Waals surface area contributed by atoms with Crippen molar-refractivity contribution in [2.24, 2.45) is 0 Å². The third-order valence-electron chi connectivity index (χ3n) is 2.80. The van der Waals surface area contributed by atoms with Crippen molar-refractivity contribution in [1.29, 1.82) is 0 Å². The number of amides is 1. The maximum Gasteiger partial charge on any atom is 0.337 e. The summed E-state index contributed by atoms with van der Waals surface area (Å²) < 4.78 is 4.63. The topological polar surface area (TPSA) is 81.4 Å². The zero-order valence-corrected chi connectivity index (χ0v) is 12.0. The summed E-state index contributed by atoms with van der Waals surface area (Å²) in [5.41, 5.74) is 7.20. The van der Waals surface area contributed by atoms with Gasteiger partial charge in [0.2, 0.25) is 0 Å². The van der Waals surface area contributed by atoms with Crippen molar-refractivity contribution in [2.45, 2.75) is 0 Å². The number of carbonyl (C=O) groups excluding carboxylic acids is 2. The Labute approximate surface area is 126 Å². The van der Waals surface area contributed by atoms with Gasteiger partial charge in [-0.2, -0.15) is 0 Å². The van der Waals surface area contributed by atoms with Gasteiger partial charge < -0.3 is 15.8 Å². The minimum Gasteiger partial charge on any atom is -0.465 e. The Bertz CT molecular complexity index is 701. The molecule has 2 aromatic rings. The fraction of sp³-hybridized carbons (Fsp3) is 0.0667. The minimum absolute atomic E-state index is 0.327. The summed E-state index contributed by atoms with van der Waals surface area (Å²) in [7, 11) is 1.30. The van der Waals surface area contributed by atoms with Crippen molar-refractivity contribution in [3.05, 3.63) is 58.6 Å². The third kappa shape index (κ3) is 3.52. The van der Waals surface area contributed by atoms with Crippen LogP contribution in [0, 0.1) is 0 Å². The van der Waals surface area contributed by atoms with Crippen LogP contribution in [0.2, 0.25) is 5.02 Å². The summed E-state index contributed by atoms with van der Waals surface area (Å²) in [6.45, 7) is 0. The van der Waals surface area contributed by atoms with Crippen LogP contribution in [0.3, 0.4) is 0 Å². The van der Waals surface area contributed by atoms with Crippen molar-refractivity contribution < 1.29 is 14.3 Å². The molecule has 0 spiro atoms. The lowest BCUT2D eigenvalue weighted by atomic mass is 10.1. The molecule has 0 atom stereocenters. The lowest BCUT2D eigenvalue weighted by Crippen LogP contribution is -2.13. The van der Waals surface area contributed by atoms with E-state index in [0.29, 0.717) is 27.5 Å². The Morgan fingerprint density at radius 2 is 1.90 bits per heavy atom. The van der Waals surface area contributed by atoms with Crippen LogP contribution < -0.4 is 11.1 Å². The molecular formula is C15H13ClN2O3. The molecule has 21 heavy (non-hydrogen) atoms. The van der Waals surface area contributed by atoms with Crippen LogP contribution >= 0.6 is 11.6 Å². The second-order valence-electron chi connectivity index (χ2n) is 4.26. The Morgan fingerprint density at radius 1 is 1.14 bits per heavy atom. The highest BCUT2D eigenvalue weighted by atomic mass is 35.5. The third-order valence-corrected chi connectivity index (χ3v) is 3.14. The summed E-state index contributed by atoms with van der Waals surface area (Å²) in [5.74, 6) is -0.817. The number of nitrogens with one attached hydrogen (secondary N) is 1. The molecule has 0 saturated carbocycles. The number of carbonyl (C=O) groups is 2. The quantitative estimate of drug-likeness (QED) is 0.674. The van der Waals surface area contributed by atoms with Gasteiger partial charge >= 0.3 is 5.97 Å². The van der Waals surface area contributed by atoms with E-state index in [1.807, 2.05) is 0 Å². The molecule has 0 aromatic heterocycles. The molecule has 0 fully saturated rings. The maximum atomic E-state index is 12.1. The van der Waals surface area contributed by atoms with E-state index in [1.165, 1.54) is 19.2 Å². The second-order valence-corrected chi connectivity index (χ2v) is 4.67. The van der Waals surface area contributed by atoms with Crippen LogP contribution in [-0.2, 0) is 4.74 Å². The Balaban J connectivity index is 2.19. The zero-order chi connectivity index (χ0) is 15.4. The predicted octanol–water partition coefficient (Wildman–Crippen LogP) is 2.96. The highest BCUT2D eigenvalue weighted by Gasteiger charge is 2.10. The van der Waals surface area contributed by atoms with Crippen LogP contribution in [0.4, 0.5) is 11.4 Å². The van der Waals surface area contributed by atoms with Crippen LogP contribution in [0.15, 0.2) is 42.5 Å². The van der Waals surface area contributed by atoms with E-state index in [-0.39, 0.29) is 5.91 Å². The average molecular weight is 305 g/mol. The Kier molecular flexibility index (Phi) is 4.45. The molecule has 0 aliphatic carbocycles. The smallest absolute Gasteiger partial charge is 0.337 e. The molecule has 0 aliphatic rings. The van der Waals surface area contributed by atoms with Gasteiger partial charge in [0.25, 0.3) is 5.91 Å². The van der Waals surface area contributed by atoms with E-state index in [2.05, 4.69) is 10.1 Å². The van der Waals surface area contributed by atoms with Crippen molar-refractivity contribution in [3.63, 3.8) is 0 Å². The van der Waals surface area contributed by atoms with E-state index in [1.54, 1.807) is 30.3 Å². The highest BCUT2D eigenvalue weighted by Crippen LogP contribution is 2.20. The fourth-order valence-corrected chi connectivity index (χ4v) is 1.85. The number of ether oxygens (including phenoxy) is 1. The van der Waals surface area contributed by atoms with E-state index in [0.717, 1.165) is 0 Å². The first kappa shape index (κ1) is 14.9. The largest absolute Gasteiger partial charge is 0.465 e. The van der Waals surface area contributed by atoms with Crippen LogP contribution in [-0.4, -0.2) is 19.0 Å². The molecule has 0 unspecified atom stereocenters. The summed E-state index contributed by atoms with van der Waals surface area (Å²) in [6, 6.07) is 11.1. The number of methoxy groups -OCH3 is 1. The summed E-state index contributed by atoms with van der Waals surface area (Å²) in [4.78, 5) is 23.5. The molecule has 0 heterocycles. The summed E-state index contributed by atoms with van der Waals surface area (Å²) >= 11 is 5.81. The van der Waals surface area contributed by atoms with Gasteiger partial charge in [-0.05, 0) is 36.4 Å². The molecule has 1 amide bonds. The fourth-order valence-electron chi connectivity index (χ4n) is 1.73.